The standard InChI is InChI=1S/C15H10F4N4O/c16-10-5-6-11(20)12-13(10)21-22-23(14(12)24)7-8-3-1-2-4-9(8)15(17,18)19/h1-6H,7,20H2. The van der Waals surface area contributed by atoms with Gasteiger partial charge in [-0.25, -0.2) is 9.07 Å². The molecule has 1 aromatic heterocycles. The zero-order valence-corrected chi connectivity index (χ0v) is 12.0. The molecule has 0 unspecified atom stereocenters. The number of halogens is 4. The van der Waals surface area contributed by atoms with Gasteiger partial charge in [-0.1, -0.05) is 23.4 Å². The summed E-state index contributed by atoms with van der Waals surface area (Å²) < 4.78 is 53.5. The van der Waals surface area contributed by atoms with Crippen molar-refractivity contribution < 1.29 is 17.6 Å². The van der Waals surface area contributed by atoms with E-state index in [9.17, 15) is 22.4 Å². The van der Waals surface area contributed by atoms with Gasteiger partial charge in [-0.2, -0.15) is 13.2 Å². The van der Waals surface area contributed by atoms with Gasteiger partial charge in [-0.15, -0.1) is 5.10 Å². The second-order valence-corrected chi connectivity index (χ2v) is 5.07. The molecule has 0 saturated heterocycles. The minimum Gasteiger partial charge on any atom is -0.398 e. The van der Waals surface area contributed by atoms with Gasteiger partial charge in [0.1, 0.15) is 5.52 Å². The van der Waals surface area contributed by atoms with Crippen LogP contribution in [0, 0.1) is 5.82 Å². The smallest absolute Gasteiger partial charge is 0.398 e. The largest absolute Gasteiger partial charge is 0.416 e. The van der Waals surface area contributed by atoms with Gasteiger partial charge < -0.3 is 5.73 Å². The zero-order chi connectivity index (χ0) is 17.5. The van der Waals surface area contributed by atoms with Crippen LogP contribution in [0.2, 0.25) is 0 Å². The Hall–Kier alpha value is -2.97. The summed E-state index contributed by atoms with van der Waals surface area (Å²) in [7, 11) is 0. The van der Waals surface area contributed by atoms with Crippen LogP contribution in [0.15, 0.2) is 41.2 Å². The second kappa shape index (κ2) is 5.59. The van der Waals surface area contributed by atoms with Crippen molar-refractivity contribution in [2.45, 2.75) is 12.7 Å². The maximum Gasteiger partial charge on any atom is 0.416 e. The van der Waals surface area contributed by atoms with Crippen LogP contribution in [0.3, 0.4) is 0 Å². The van der Waals surface area contributed by atoms with Gasteiger partial charge in [0.05, 0.1) is 17.5 Å². The van der Waals surface area contributed by atoms with Crippen molar-refractivity contribution in [1.29, 1.82) is 0 Å². The Balaban J connectivity index is 2.15. The summed E-state index contributed by atoms with van der Waals surface area (Å²) in [5.41, 5.74) is 3.47. The topological polar surface area (TPSA) is 73.8 Å². The van der Waals surface area contributed by atoms with Gasteiger partial charge >= 0.3 is 6.18 Å². The van der Waals surface area contributed by atoms with Crippen LogP contribution < -0.4 is 11.3 Å². The lowest BCUT2D eigenvalue weighted by Crippen LogP contribution is -2.27. The molecular formula is C15H10F4N4O. The lowest BCUT2D eigenvalue weighted by molar-refractivity contribution is -0.138. The number of fused-ring (bicyclic) bond motifs is 1. The van der Waals surface area contributed by atoms with Crippen LogP contribution in [0.4, 0.5) is 23.2 Å². The summed E-state index contributed by atoms with van der Waals surface area (Å²) in [5, 5.41) is 6.87. The van der Waals surface area contributed by atoms with Gasteiger partial charge in [0.15, 0.2) is 5.82 Å². The molecule has 0 aliphatic heterocycles. The van der Waals surface area contributed by atoms with Crippen molar-refractivity contribution in [2.75, 3.05) is 5.73 Å². The van der Waals surface area contributed by atoms with Crippen LogP contribution in [-0.2, 0) is 12.7 Å². The third-order valence-corrected chi connectivity index (χ3v) is 3.50. The fraction of sp³-hybridized carbons (Fsp3) is 0.133. The summed E-state index contributed by atoms with van der Waals surface area (Å²) in [6.45, 7) is -0.465. The van der Waals surface area contributed by atoms with E-state index in [0.717, 1.165) is 16.8 Å². The van der Waals surface area contributed by atoms with E-state index in [0.29, 0.717) is 0 Å². The predicted molar refractivity (Wildman–Crippen MR) is 78.7 cm³/mol. The van der Waals surface area contributed by atoms with E-state index in [2.05, 4.69) is 10.3 Å². The van der Waals surface area contributed by atoms with Crippen LogP contribution >= 0.6 is 0 Å². The molecule has 5 nitrogen and oxygen atoms in total. The molecule has 1 heterocycles. The number of aromatic nitrogens is 3. The highest BCUT2D eigenvalue weighted by molar-refractivity contribution is 5.89. The first-order valence-electron chi connectivity index (χ1n) is 6.75. The van der Waals surface area contributed by atoms with E-state index >= 15 is 0 Å². The molecule has 0 bridgehead atoms. The van der Waals surface area contributed by atoms with Gasteiger partial charge in [-0.3, -0.25) is 4.79 Å². The maximum atomic E-state index is 13.7. The number of nitrogen functional groups attached to an aromatic ring is 1. The summed E-state index contributed by atoms with van der Waals surface area (Å²) >= 11 is 0. The number of anilines is 1. The number of rotatable bonds is 2. The minimum atomic E-state index is -4.57. The second-order valence-electron chi connectivity index (χ2n) is 5.07. The SMILES string of the molecule is Nc1ccc(F)c2nnn(Cc3ccccc3C(F)(F)F)c(=O)c12. The van der Waals surface area contributed by atoms with Gasteiger partial charge in [-0.05, 0) is 23.8 Å². The summed E-state index contributed by atoms with van der Waals surface area (Å²) in [6.07, 6.45) is -4.57. The Bertz CT molecular complexity index is 981. The van der Waals surface area contributed by atoms with E-state index in [-0.39, 0.29) is 22.2 Å². The van der Waals surface area contributed by atoms with Crippen LogP contribution in [0.5, 0.6) is 0 Å². The van der Waals surface area contributed by atoms with Crippen molar-refractivity contribution in [3.8, 4) is 0 Å². The first kappa shape index (κ1) is 15.9. The molecule has 0 fully saturated rings. The summed E-state index contributed by atoms with van der Waals surface area (Å²) in [4.78, 5) is 12.4. The molecule has 0 aliphatic carbocycles. The molecule has 0 saturated carbocycles. The van der Waals surface area contributed by atoms with Crippen molar-refractivity contribution >= 4 is 16.6 Å². The van der Waals surface area contributed by atoms with E-state index in [1.54, 1.807) is 0 Å². The first-order valence-corrected chi connectivity index (χ1v) is 6.75. The number of nitrogens with zero attached hydrogens (tertiary/aromatic N) is 3. The highest BCUT2D eigenvalue weighted by Crippen LogP contribution is 2.32. The molecule has 3 aromatic rings. The first-order chi connectivity index (χ1) is 11.3. The lowest BCUT2D eigenvalue weighted by Gasteiger charge is -2.13. The Morgan fingerprint density at radius 2 is 1.83 bits per heavy atom. The fourth-order valence-electron chi connectivity index (χ4n) is 2.37. The van der Waals surface area contributed by atoms with Crippen LogP contribution in [0.25, 0.3) is 10.9 Å². The van der Waals surface area contributed by atoms with Crippen LogP contribution in [0.1, 0.15) is 11.1 Å². The Morgan fingerprint density at radius 3 is 2.54 bits per heavy atom. The normalized spacial score (nSPS) is 11.8. The van der Waals surface area contributed by atoms with E-state index in [4.69, 9.17) is 5.73 Å². The van der Waals surface area contributed by atoms with Crippen LogP contribution in [-0.4, -0.2) is 15.0 Å². The Morgan fingerprint density at radius 1 is 1.12 bits per heavy atom. The number of nitrogens with two attached hydrogens (primary N) is 1. The third-order valence-electron chi connectivity index (χ3n) is 3.50. The molecule has 0 aliphatic rings. The monoisotopic (exact) mass is 338 g/mol. The molecule has 9 heteroatoms. The Kier molecular flexibility index (Phi) is 3.70. The molecule has 0 amide bonds. The summed E-state index contributed by atoms with van der Waals surface area (Å²) in [5.74, 6) is -0.786. The molecule has 2 aromatic carbocycles. The average molecular weight is 338 g/mol. The van der Waals surface area contributed by atoms with Crippen molar-refractivity contribution in [3.05, 3.63) is 63.7 Å². The molecular weight excluding hydrogens is 328 g/mol. The molecule has 124 valence electrons. The lowest BCUT2D eigenvalue weighted by atomic mass is 10.1. The molecule has 0 radical (unpaired) electrons. The minimum absolute atomic E-state index is 0.0239. The van der Waals surface area contributed by atoms with Crippen molar-refractivity contribution in [1.82, 2.24) is 15.0 Å². The van der Waals surface area contributed by atoms with Gasteiger partial charge in [0.25, 0.3) is 5.56 Å². The average Bonchev–Trinajstić information content (AvgIpc) is 2.52. The van der Waals surface area contributed by atoms with E-state index in [1.165, 1.54) is 24.3 Å². The number of hydrogen-bond acceptors (Lipinski definition) is 4. The number of alkyl halides is 3. The number of hydrogen-bond donors (Lipinski definition) is 1. The van der Waals surface area contributed by atoms with Crippen molar-refractivity contribution in [2.24, 2.45) is 0 Å². The van der Waals surface area contributed by atoms with Gasteiger partial charge in [0.2, 0.25) is 0 Å². The zero-order valence-electron chi connectivity index (χ0n) is 12.0. The molecule has 3 rings (SSSR count). The molecule has 0 spiro atoms. The highest BCUT2D eigenvalue weighted by atomic mass is 19.4. The highest BCUT2D eigenvalue weighted by Gasteiger charge is 2.33. The van der Waals surface area contributed by atoms with Gasteiger partial charge in [0, 0.05) is 5.69 Å². The molecule has 2 N–H and O–H groups in total. The fourth-order valence-corrected chi connectivity index (χ4v) is 2.37. The van der Waals surface area contributed by atoms with Crippen molar-refractivity contribution in [3.63, 3.8) is 0 Å². The van der Waals surface area contributed by atoms with E-state index < -0.39 is 29.7 Å². The third kappa shape index (κ3) is 2.68. The Labute approximate surface area is 132 Å². The van der Waals surface area contributed by atoms with E-state index in [1.807, 2.05) is 0 Å². The number of benzene rings is 2. The maximum absolute atomic E-state index is 13.7. The quantitative estimate of drug-likeness (QED) is 0.576. The summed E-state index contributed by atoms with van der Waals surface area (Å²) in [6, 6.07) is 7.02. The predicted octanol–water partition coefficient (Wildman–Crippen LogP) is 2.58. The molecule has 24 heavy (non-hydrogen) atoms. The molecule has 0 atom stereocenters.